The van der Waals surface area contributed by atoms with Gasteiger partial charge >= 0.3 is 5.97 Å². The Hall–Kier alpha value is -4.75. The molecule has 13 nitrogen and oxygen atoms in total. The van der Waals surface area contributed by atoms with Crippen molar-refractivity contribution in [2.45, 2.75) is 43.4 Å². The maximum absolute atomic E-state index is 13.3. The van der Waals surface area contributed by atoms with Crippen LogP contribution in [0.2, 0.25) is 0 Å². The van der Waals surface area contributed by atoms with Crippen LogP contribution >= 0.6 is 0 Å². The Morgan fingerprint density at radius 1 is 0.800 bits per heavy atom. The quantitative estimate of drug-likeness (QED) is 0.119. The SMILES string of the molecule is NC(=O)CC(N)C(=O)NC(CO)C(=O)NC(Cc1ccccc1)C(=O)NC(Cc1c[nH]c2ccccc12)C(=O)O. The van der Waals surface area contributed by atoms with Crippen molar-refractivity contribution >= 4 is 40.5 Å². The van der Waals surface area contributed by atoms with Crippen molar-refractivity contribution in [2.24, 2.45) is 11.5 Å². The predicted molar refractivity (Wildman–Crippen MR) is 144 cm³/mol. The lowest BCUT2D eigenvalue weighted by molar-refractivity contribution is -0.142. The van der Waals surface area contributed by atoms with E-state index in [4.69, 9.17) is 11.5 Å². The van der Waals surface area contributed by atoms with Gasteiger partial charge in [0.15, 0.2) is 0 Å². The molecule has 4 atom stereocenters. The van der Waals surface area contributed by atoms with E-state index in [-0.39, 0.29) is 12.8 Å². The number of carboxylic acid groups (broad SMARTS) is 1. The fourth-order valence-electron chi connectivity index (χ4n) is 4.11. The molecule has 0 fully saturated rings. The molecular weight excluding hydrogens is 520 g/mol. The number of rotatable bonds is 14. The molecule has 0 aliphatic carbocycles. The van der Waals surface area contributed by atoms with Crippen LogP contribution in [-0.4, -0.2) is 75.6 Å². The first-order chi connectivity index (χ1) is 19.1. The van der Waals surface area contributed by atoms with E-state index in [0.717, 1.165) is 10.9 Å². The summed E-state index contributed by atoms with van der Waals surface area (Å²) < 4.78 is 0. The minimum atomic E-state index is -1.50. The highest BCUT2D eigenvalue weighted by Crippen LogP contribution is 2.19. The number of primary amides is 1. The van der Waals surface area contributed by atoms with Gasteiger partial charge in [-0.15, -0.1) is 0 Å². The molecule has 0 saturated heterocycles. The molecule has 0 spiro atoms. The molecule has 2 aromatic carbocycles. The van der Waals surface area contributed by atoms with E-state index in [9.17, 15) is 34.2 Å². The number of aromatic nitrogens is 1. The Morgan fingerprint density at radius 2 is 1.40 bits per heavy atom. The van der Waals surface area contributed by atoms with Gasteiger partial charge in [0.25, 0.3) is 0 Å². The van der Waals surface area contributed by atoms with Crippen LogP contribution < -0.4 is 27.4 Å². The molecule has 4 unspecified atom stereocenters. The van der Waals surface area contributed by atoms with E-state index >= 15 is 0 Å². The van der Waals surface area contributed by atoms with Crippen LogP contribution in [-0.2, 0) is 36.8 Å². The summed E-state index contributed by atoms with van der Waals surface area (Å²) in [7, 11) is 0. The molecule has 0 aliphatic rings. The molecule has 1 heterocycles. The standard InChI is InChI=1S/C27H32N6O7/c28-18(12-23(29)35)24(36)33-22(14-34)26(38)31-20(10-15-6-2-1-3-7-15)25(37)32-21(27(39)40)11-16-13-30-19-9-5-4-8-17(16)19/h1-9,13,18,20-22,30,34H,10-12,14,28H2,(H2,29,35)(H,31,38)(H,32,37)(H,33,36)(H,39,40). The second-order valence-electron chi connectivity index (χ2n) is 9.23. The van der Waals surface area contributed by atoms with Crippen LogP contribution in [0, 0.1) is 0 Å². The summed E-state index contributed by atoms with van der Waals surface area (Å²) in [5, 5.41) is 27.6. The smallest absolute Gasteiger partial charge is 0.326 e. The number of aliphatic hydroxyl groups is 1. The first-order valence-corrected chi connectivity index (χ1v) is 12.5. The average molecular weight is 553 g/mol. The number of hydrogen-bond donors (Lipinski definition) is 8. The van der Waals surface area contributed by atoms with Crippen molar-refractivity contribution in [3.63, 3.8) is 0 Å². The number of aliphatic hydroxyl groups excluding tert-OH is 1. The van der Waals surface area contributed by atoms with Crippen LogP contribution in [0.5, 0.6) is 0 Å². The van der Waals surface area contributed by atoms with Gasteiger partial charge in [0.05, 0.1) is 19.1 Å². The van der Waals surface area contributed by atoms with Crippen LogP contribution in [0.25, 0.3) is 10.9 Å². The van der Waals surface area contributed by atoms with Gasteiger partial charge in [-0.3, -0.25) is 19.2 Å². The van der Waals surface area contributed by atoms with Gasteiger partial charge in [0.1, 0.15) is 18.1 Å². The van der Waals surface area contributed by atoms with E-state index in [1.165, 1.54) is 0 Å². The lowest BCUT2D eigenvalue weighted by Crippen LogP contribution is -2.58. The molecule has 3 aromatic rings. The molecule has 0 bridgehead atoms. The number of nitrogens with one attached hydrogen (secondary N) is 4. The zero-order valence-corrected chi connectivity index (χ0v) is 21.5. The van der Waals surface area contributed by atoms with Gasteiger partial charge in [0.2, 0.25) is 23.6 Å². The van der Waals surface area contributed by atoms with Gasteiger partial charge < -0.3 is 42.6 Å². The molecule has 10 N–H and O–H groups in total. The lowest BCUT2D eigenvalue weighted by Gasteiger charge is -2.24. The van der Waals surface area contributed by atoms with Crippen LogP contribution in [0.3, 0.4) is 0 Å². The number of para-hydroxylation sites is 1. The molecule has 3 rings (SSSR count). The number of carboxylic acids is 1. The van der Waals surface area contributed by atoms with Crippen molar-refractivity contribution in [3.8, 4) is 0 Å². The van der Waals surface area contributed by atoms with Gasteiger partial charge in [-0.2, -0.15) is 0 Å². The first kappa shape index (κ1) is 29.8. The molecule has 1 aromatic heterocycles. The Balaban J connectivity index is 1.77. The third-order valence-electron chi connectivity index (χ3n) is 6.20. The topological polar surface area (TPSA) is 230 Å². The molecule has 4 amide bonds. The van der Waals surface area contributed by atoms with Crippen LogP contribution in [0.4, 0.5) is 0 Å². The number of nitrogens with two attached hydrogens (primary N) is 2. The Bertz CT molecular complexity index is 1360. The minimum Gasteiger partial charge on any atom is -0.480 e. The molecule has 13 heteroatoms. The van der Waals surface area contributed by atoms with Gasteiger partial charge in [-0.25, -0.2) is 4.79 Å². The fraction of sp³-hybridized carbons (Fsp3) is 0.296. The highest BCUT2D eigenvalue weighted by molar-refractivity contribution is 5.95. The summed E-state index contributed by atoms with van der Waals surface area (Å²) >= 11 is 0. The number of carbonyl (C=O) groups is 5. The Labute approximate surface area is 229 Å². The monoisotopic (exact) mass is 552 g/mol. The summed E-state index contributed by atoms with van der Waals surface area (Å²) in [6.45, 7) is -0.834. The summed E-state index contributed by atoms with van der Waals surface area (Å²) in [4.78, 5) is 64.7. The number of H-pyrrole nitrogens is 1. The first-order valence-electron chi connectivity index (χ1n) is 12.5. The van der Waals surface area contributed by atoms with Crippen molar-refractivity contribution < 1.29 is 34.2 Å². The number of benzene rings is 2. The van der Waals surface area contributed by atoms with E-state index in [0.29, 0.717) is 11.1 Å². The van der Waals surface area contributed by atoms with Crippen molar-refractivity contribution in [2.75, 3.05) is 6.61 Å². The Kier molecular flexibility index (Phi) is 10.3. The molecular formula is C27H32N6O7. The Morgan fingerprint density at radius 3 is 2.05 bits per heavy atom. The number of carbonyl (C=O) groups excluding carboxylic acids is 4. The third kappa shape index (κ3) is 8.12. The highest BCUT2D eigenvalue weighted by atomic mass is 16.4. The number of amides is 4. The van der Waals surface area contributed by atoms with Gasteiger partial charge in [-0.05, 0) is 17.2 Å². The highest BCUT2D eigenvalue weighted by Gasteiger charge is 2.31. The normalized spacial score (nSPS) is 13.9. The van der Waals surface area contributed by atoms with Gasteiger partial charge in [-0.1, -0.05) is 48.5 Å². The van der Waals surface area contributed by atoms with Crippen molar-refractivity contribution in [1.82, 2.24) is 20.9 Å². The summed E-state index contributed by atoms with van der Waals surface area (Å²) in [5.41, 5.74) is 12.8. The molecule has 212 valence electrons. The fourth-order valence-corrected chi connectivity index (χ4v) is 4.11. The second-order valence-corrected chi connectivity index (χ2v) is 9.23. The number of aliphatic carboxylic acids is 1. The molecule has 0 aliphatic heterocycles. The number of aromatic amines is 1. The van der Waals surface area contributed by atoms with Crippen LogP contribution in [0.1, 0.15) is 17.5 Å². The van der Waals surface area contributed by atoms with E-state index in [2.05, 4.69) is 20.9 Å². The average Bonchev–Trinajstić information content (AvgIpc) is 3.33. The lowest BCUT2D eigenvalue weighted by atomic mass is 10.0. The third-order valence-corrected chi connectivity index (χ3v) is 6.20. The summed E-state index contributed by atoms with van der Waals surface area (Å²) in [6.07, 6.45) is 1.17. The van der Waals surface area contributed by atoms with Gasteiger partial charge in [0, 0.05) is 29.9 Å². The van der Waals surface area contributed by atoms with E-state index in [1.54, 1.807) is 36.5 Å². The van der Waals surface area contributed by atoms with E-state index < -0.39 is 66.8 Å². The zero-order valence-electron chi connectivity index (χ0n) is 21.5. The summed E-state index contributed by atoms with van der Waals surface area (Å²) in [6, 6.07) is 10.6. The van der Waals surface area contributed by atoms with Crippen molar-refractivity contribution in [3.05, 3.63) is 71.9 Å². The predicted octanol–water partition coefficient (Wildman–Crippen LogP) is -1.31. The van der Waals surface area contributed by atoms with Crippen LogP contribution in [0.15, 0.2) is 60.8 Å². The molecule has 0 radical (unpaired) electrons. The molecule has 0 saturated carbocycles. The summed E-state index contributed by atoms with van der Waals surface area (Å²) in [5.74, 6) is -4.69. The largest absolute Gasteiger partial charge is 0.480 e. The zero-order chi connectivity index (χ0) is 29.2. The van der Waals surface area contributed by atoms with Crippen molar-refractivity contribution in [1.29, 1.82) is 0 Å². The maximum atomic E-state index is 13.3. The maximum Gasteiger partial charge on any atom is 0.326 e. The van der Waals surface area contributed by atoms with E-state index in [1.807, 2.05) is 24.3 Å². The second kappa shape index (κ2) is 13.9. The number of fused-ring (bicyclic) bond motifs is 1. The molecule has 40 heavy (non-hydrogen) atoms. The number of hydrogen-bond acceptors (Lipinski definition) is 7. The minimum absolute atomic E-state index is 0.00881.